The van der Waals surface area contributed by atoms with Crippen LogP contribution in [0.4, 0.5) is 0 Å². The van der Waals surface area contributed by atoms with Crippen molar-refractivity contribution in [3.63, 3.8) is 0 Å². The minimum absolute atomic E-state index is 0.754. The predicted octanol–water partition coefficient (Wildman–Crippen LogP) is 0.620. The van der Waals surface area contributed by atoms with Crippen molar-refractivity contribution in [3.8, 4) is 0 Å². The van der Waals surface area contributed by atoms with Crippen LogP contribution in [-0.4, -0.2) is 16.1 Å². The van der Waals surface area contributed by atoms with Crippen LogP contribution >= 0.6 is 0 Å². The number of hydrogen-bond acceptors (Lipinski definition) is 2. The van der Waals surface area contributed by atoms with E-state index in [2.05, 4.69) is 9.55 Å². The molecule has 3 nitrogen and oxygen atoms in total. The molecule has 0 aromatic carbocycles. The van der Waals surface area contributed by atoms with Gasteiger partial charge in [0, 0.05) is 18.9 Å². The van der Waals surface area contributed by atoms with E-state index in [1.54, 1.807) is 0 Å². The van der Waals surface area contributed by atoms with Crippen molar-refractivity contribution in [3.05, 3.63) is 17.7 Å². The summed E-state index contributed by atoms with van der Waals surface area (Å²) in [4.78, 5) is 4.19. The Balaban J connectivity index is 2.63. The maximum Gasteiger partial charge on any atom is 0.105 e. The van der Waals surface area contributed by atoms with E-state index < -0.39 is 0 Å². The van der Waals surface area contributed by atoms with Crippen LogP contribution in [0.5, 0.6) is 0 Å². The van der Waals surface area contributed by atoms with Gasteiger partial charge in [0.05, 0.1) is 0 Å². The summed E-state index contributed by atoms with van der Waals surface area (Å²) in [6, 6.07) is 0. The number of nitrogens with two attached hydrogens (primary N) is 1. The third-order valence-corrected chi connectivity index (χ3v) is 1.95. The van der Waals surface area contributed by atoms with Crippen LogP contribution in [0.25, 0.3) is 0 Å². The highest BCUT2D eigenvalue weighted by atomic mass is 15.0. The molecule has 0 fully saturated rings. The Morgan fingerprint density at radius 2 is 2.36 bits per heavy atom. The van der Waals surface area contributed by atoms with Crippen LogP contribution in [0, 0.1) is 6.92 Å². The molecule has 0 aliphatic heterocycles. The summed E-state index contributed by atoms with van der Waals surface area (Å²) < 4.78 is 2.11. The number of nitrogens with zero attached hydrogens (tertiary/aromatic N) is 2. The molecular weight excluding hydrogens is 138 g/mol. The van der Waals surface area contributed by atoms with Gasteiger partial charge in [-0.15, -0.1) is 0 Å². The minimum atomic E-state index is 0.754. The summed E-state index contributed by atoms with van der Waals surface area (Å²) in [5, 5.41) is 0. The zero-order valence-corrected chi connectivity index (χ0v) is 7.17. The molecule has 0 amide bonds. The summed E-state index contributed by atoms with van der Waals surface area (Å²) >= 11 is 0. The lowest BCUT2D eigenvalue weighted by molar-refractivity contribution is 0.739. The number of imidazole rings is 1. The number of rotatable bonds is 3. The fourth-order valence-corrected chi connectivity index (χ4v) is 1.06. The second kappa shape index (κ2) is 3.53. The molecule has 0 aliphatic rings. The van der Waals surface area contributed by atoms with Crippen LogP contribution < -0.4 is 5.73 Å². The fraction of sp³-hybridized carbons (Fsp3) is 0.625. The molecule has 1 aromatic rings. The summed E-state index contributed by atoms with van der Waals surface area (Å²) in [6.07, 6.45) is 4.00. The van der Waals surface area contributed by atoms with Gasteiger partial charge in [0.25, 0.3) is 0 Å². The molecule has 0 unspecified atom stereocenters. The molecule has 0 aliphatic carbocycles. The van der Waals surface area contributed by atoms with Crippen molar-refractivity contribution in [2.24, 2.45) is 12.8 Å². The van der Waals surface area contributed by atoms with E-state index >= 15 is 0 Å². The van der Waals surface area contributed by atoms with E-state index in [1.807, 2.05) is 20.2 Å². The van der Waals surface area contributed by atoms with Gasteiger partial charge in [-0.05, 0) is 26.3 Å². The van der Waals surface area contributed by atoms with Crippen LogP contribution in [0.1, 0.15) is 17.9 Å². The summed E-state index contributed by atoms with van der Waals surface area (Å²) in [7, 11) is 2.04. The van der Waals surface area contributed by atoms with Gasteiger partial charge in [-0.1, -0.05) is 0 Å². The molecule has 62 valence electrons. The van der Waals surface area contributed by atoms with Crippen molar-refractivity contribution in [1.82, 2.24) is 9.55 Å². The fourth-order valence-electron chi connectivity index (χ4n) is 1.06. The lowest BCUT2D eigenvalue weighted by Gasteiger charge is -2.01. The first-order valence-corrected chi connectivity index (χ1v) is 3.93. The topological polar surface area (TPSA) is 43.8 Å². The Bertz CT molecular complexity index is 227. The van der Waals surface area contributed by atoms with Gasteiger partial charge in [-0.25, -0.2) is 4.98 Å². The lowest BCUT2D eigenvalue weighted by atomic mass is 10.2. The van der Waals surface area contributed by atoms with Gasteiger partial charge in [0.2, 0.25) is 0 Å². The van der Waals surface area contributed by atoms with Crippen molar-refractivity contribution in [1.29, 1.82) is 0 Å². The minimum Gasteiger partial charge on any atom is -0.335 e. The molecule has 0 radical (unpaired) electrons. The molecule has 1 aromatic heterocycles. The quantitative estimate of drug-likeness (QED) is 0.691. The maximum atomic E-state index is 5.40. The van der Waals surface area contributed by atoms with Crippen molar-refractivity contribution >= 4 is 0 Å². The van der Waals surface area contributed by atoms with Gasteiger partial charge in [-0.3, -0.25) is 0 Å². The van der Waals surface area contributed by atoms with E-state index in [1.165, 1.54) is 5.69 Å². The molecule has 1 rings (SSSR count). The van der Waals surface area contributed by atoms with Gasteiger partial charge in [0.15, 0.2) is 0 Å². The molecule has 1 heterocycles. The van der Waals surface area contributed by atoms with Crippen molar-refractivity contribution in [2.45, 2.75) is 19.8 Å². The third kappa shape index (κ3) is 1.80. The molecular formula is C8H15N3. The average molecular weight is 153 g/mol. The van der Waals surface area contributed by atoms with Crippen molar-refractivity contribution < 1.29 is 0 Å². The first-order valence-electron chi connectivity index (χ1n) is 3.93. The largest absolute Gasteiger partial charge is 0.335 e. The SMILES string of the molecule is Cc1ncc(CCCN)n1C. The van der Waals surface area contributed by atoms with E-state index in [9.17, 15) is 0 Å². The summed E-state index contributed by atoms with van der Waals surface area (Å²) in [5.74, 6) is 1.07. The molecule has 2 N–H and O–H groups in total. The average Bonchev–Trinajstić information content (AvgIpc) is 2.31. The number of aryl methyl sites for hydroxylation is 2. The Morgan fingerprint density at radius 1 is 1.64 bits per heavy atom. The highest BCUT2D eigenvalue weighted by molar-refractivity contribution is 5.03. The Morgan fingerprint density at radius 3 is 2.82 bits per heavy atom. The van der Waals surface area contributed by atoms with E-state index in [4.69, 9.17) is 5.73 Å². The molecule has 0 atom stereocenters. The van der Waals surface area contributed by atoms with Crippen molar-refractivity contribution in [2.75, 3.05) is 6.54 Å². The molecule has 0 bridgehead atoms. The molecule has 3 heteroatoms. The second-order valence-corrected chi connectivity index (χ2v) is 2.75. The molecule has 0 saturated carbocycles. The highest BCUT2D eigenvalue weighted by Gasteiger charge is 2.00. The number of hydrogen-bond donors (Lipinski definition) is 1. The summed E-state index contributed by atoms with van der Waals surface area (Å²) in [5.41, 5.74) is 6.67. The van der Waals surface area contributed by atoms with Gasteiger partial charge in [0.1, 0.15) is 5.82 Å². The molecule has 11 heavy (non-hydrogen) atoms. The Labute approximate surface area is 67.2 Å². The lowest BCUT2D eigenvalue weighted by Crippen LogP contribution is -2.04. The Hall–Kier alpha value is -0.830. The van der Waals surface area contributed by atoms with Gasteiger partial charge < -0.3 is 10.3 Å². The van der Waals surface area contributed by atoms with Crippen LogP contribution in [0.2, 0.25) is 0 Å². The molecule has 0 saturated heterocycles. The van der Waals surface area contributed by atoms with E-state index in [0.29, 0.717) is 0 Å². The van der Waals surface area contributed by atoms with Crippen LogP contribution in [0.3, 0.4) is 0 Å². The number of aromatic nitrogens is 2. The first-order chi connectivity index (χ1) is 5.25. The zero-order chi connectivity index (χ0) is 8.27. The standard InChI is InChI=1S/C8H15N3/c1-7-10-6-8(11(7)2)4-3-5-9/h6H,3-5,9H2,1-2H3. The van der Waals surface area contributed by atoms with Gasteiger partial charge in [-0.2, -0.15) is 0 Å². The normalized spacial score (nSPS) is 10.5. The zero-order valence-electron chi connectivity index (χ0n) is 7.17. The first kappa shape index (κ1) is 8.27. The van der Waals surface area contributed by atoms with Crippen LogP contribution in [-0.2, 0) is 13.5 Å². The summed E-state index contributed by atoms with van der Waals surface area (Å²) in [6.45, 7) is 2.76. The Kier molecular flexibility index (Phi) is 2.65. The van der Waals surface area contributed by atoms with E-state index in [-0.39, 0.29) is 0 Å². The van der Waals surface area contributed by atoms with Gasteiger partial charge >= 0.3 is 0 Å². The maximum absolute atomic E-state index is 5.40. The third-order valence-electron chi connectivity index (χ3n) is 1.95. The highest BCUT2D eigenvalue weighted by Crippen LogP contribution is 2.03. The second-order valence-electron chi connectivity index (χ2n) is 2.75. The van der Waals surface area contributed by atoms with Crippen LogP contribution in [0.15, 0.2) is 6.20 Å². The monoisotopic (exact) mass is 153 g/mol. The smallest absolute Gasteiger partial charge is 0.105 e. The predicted molar refractivity (Wildman–Crippen MR) is 45.3 cm³/mol. The molecule has 0 spiro atoms. The van der Waals surface area contributed by atoms with E-state index in [0.717, 1.165) is 25.2 Å².